The van der Waals surface area contributed by atoms with Gasteiger partial charge in [0.05, 0.1) is 0 Å². The molecule has 49 valence electrons. The van der Waals surface area contributed by atoms with Gasteiger partial charge in [-0.3, -0.25) is 4.57 Å². The molecular weight excluding hydrogens is 123 g/mol. The van der Waals surface area contributed by atoms with Crippen molar-refractivity contribution in [2.24, 2.45) is 0 Å². The topological polar surface area (TPSA) is 23.6 Å². The predicted octanol–water partition coefficient (Wildman–Crippen LogP) is 0.767. The molecule has 0 saturated carbocycles. The van der Waals surface area contributed by atoms with Crippen molar-refractivity contribution in [3.05, 3.63) is 0 Å². The molecule has 8 heavy (non-hydrogen) atoms. The van der Waals surface area contributed by atoms with Crippen molar-refractivity contribution in [2.75, 3.05) is 28.2 Å². The maximum Gasteiger partial charge on any atom is 0.228 e. The summed E-state index contributed by atoms with van der Waals surface area (Å²) in [6, 6.07) is 0. The fraction of sp³-hybridized carbons (Fsp3) is 1.00. The summed E-state index contributed by atoms with van der Waals surface area (Å²) >= 11 is 0. The Morgan fingerprint density at radius 1 is 1.00 bits per heavy atom. The van der Waals surface area contributed by atoms with Gasteiger partial charge in [0.1, 0.15) is 0 Å². The molecule has 3 nitrogen and oxygen atoms in total. The highest BCUT2D eigenvalue weighted by molar-refractivity contribution is 7.39. The van der Waals surface area contributed by atoms with Crippen LogP contribution in [-0.2, 0) is 4.57 Å². The molecule has 0 aromatic rings. The maximum atomic E-state index is 10.8. The first kappa shape index (κ1) is 8.02. The van der Waals surface area contributed by atoms with Crippen molar-refractivity contribution < 1.29 is 4.57 Å². The van der Waals surface area contributed by atoms with Gasteiger partial charge in [-0.2, -0.15) is 0 Å². The molecule has 0 aliphatic carbocycles. The van der Waals surface area contributed by atoms with Gasteiger partial charge in [0.15, 0.2) is 0 Å². The highest BCUT2D eigenvalue weighted by Crippen LogP contribution is 2.23. The molecule has 1 radical (unpaired) electrons. The summed E-state index contributed by atoms with van der Waals surface area (Å²) < 4.78 is 14.2. The number of hydrogen-bond donors (Lipinski definition) is 0. The summed E-state index contributed by atoms with van der Waals surface area (Å²) in [5, 5.41) is 0. The van der Waals surface area contributed by atoms with Gasteiger partial charge >= 0.3 is 0 Å². The van der Waals surface area contributed by atoms with Gasteiger partial charge in [-0.1, -0.05) is 0 Å². The molecule has 0 spiro atoms. The second kappa shape index (κ2) is 3.13. The summed E-state index contributed by atoms with van der Waals surface area (Å²) in [5.74, 6) is 0. The zero-order chi connectivity index (χ0) is 6.73. The minimum Gasteiger partial charge on any atom is -0.251 e. The minimum atomic E-state index is -1.28. The molecule has 0 aromatic heterocycles. The van der Waals surface area contributed by atoms with Crippen LogP contribution in [0.1, 0.15) is 0 Å². The van der Waals surface area contributed by atoms with Gasteiger partial charge < -0.3 is 0 Å². The summed E-state index contributed by atoms with van der Waals surface area (Å²) in [5.41, 5.74) is 0. The fourth-order valence-corrected chi connectivity index (χ4v) is 1.07. The van der Waals surface area contributed by atoms with Crippen molar-refractivity contribution in [1.29, 1.82) is 0 Å². The third-order valence-corrected chi connectivity index (χ3v) is 2.05. The lowest BCUT2D eigenvalue weighted by Crippen LogP contribution is -2.11. The third kappa shape index (κ3) is 2.36. The molecule has 0 aliphatic rings. The number of hydrogen-bond acceptors (Lipinski definition) is 1. The molecular formula is C4H12N2OP. The van der Waals surface area contributed by atoms with Crippen LogP contribution in [0.25, 0.3) is 0 Å². The Kier molecular flexibility index (Phi) is 3.13. The Hall–Kier alpha value is 0.0200. The van der Waals surface area contributed by atoms with Crippen LogP contribution in [0.3, 0.4) is 0 Å². The van der Waals surface area contributed by atoms with E-state index in [4.69, 9.17) is 0 Å². The van der Waals surface area contributed by atoms with Crippen LogP contribution >= 0.6 is 8.10 Å². The summed E-state index contributed by atoms with van der Waals surface area (Å²) in [4.78, 5) is 0. The Bertz CT molecular complexity index is 82.0. The van der Waals surface area contributed by atoms with Gasteiger partial charge in [0, 0.05) is 0 Å². The lowest BCUT2D eigenvalue weighted by Gasteiger charge is -2.12. The van der Waals surface area contributed by atoms with Gasteiger partial charge in [-0.05, 0) is 28.2 Å². The van der Waals surface area contributed by atoms with Crippen LogP contribution < -0.4 is 0 Å². The monoisotopic (exact) mass is 135 g/mol. The molecule has 0 amide bonds. The molecule has 0 N–H and O–H groups in total. The standard InChI is InChI=1S/C4H12N2OP/c1-5(2)8(7)6(3)4/h1-4H3. The van der Waals surface area contributed by atoms with Crippen LogP contribution in [0.2, 0.25) is 0 Å². The highest BCUT2D eigenvalue weighted by atomic mass is 31.1. The molecule has 4 heteroatoms. The lowest BCUT2D eigenvalue weighted by atomic mass is 11.3. The Balaban J connectivity index is 3.65. The average molecular weight is 135 g/mol. The van der Waals surface area contributed by atoms with E-state index >= 15 is 0 Å². The first-order valence-corrected chi connectivity index (χ1v) is 3.54. The molecule has 0 unspecified atom stereocenters. The van der Waals surface area contributed by atoms with E-state index in [9.17, 15) is 4.57 Å². The third-order valence-electron chi connectivity index (χ3n) is 0.684. The first-order valence-electron chi connectivity index (χ1n) is 2.37. The van der Waals surface area contributed by atoms with Crippen LogP contribution in [0.15, 0.2) is 0 Å². The van der Waals surface area contributed by atoms with E-state index in [0.717, 1.165) is 0 Å². The predicted molar refractivity (Wildman–Crippen MR) is 35.0 cm³/mol. The van der Waals surface area contributed by atoms with E-state index in [2.05, 4.69) is 0 Å². The Morgan fingerprint density at radius 2 is 1.25 bits per heavy atom. The quantitative estimate of drug-likeness (QED) is 0.522. The molecule has 0 bridgehead atoms. The van der Waals surface area contributed by atoms with Crippen LogP contribution in [-0.4, -0.2) is 37.5 Å². The van der Waals surface area contributed by atoms with E-state index < -0.39 is 8.10 Å². The van der Waals surface area contributed by atoms with E-state index in [1.54, 1.807) is 37.5 Å². The Labute approximate surface area is 51.2 Å². The second-order valence-corrected chi connectivity index (χ2v) is 4.05. The van der Waals surface area contributed by atoms with Gasteiger partial charge in [0.25, 0.3) is 0 Å². The smallest absolute Gasteiger partial charge is 0.228 e. The fourth-order valence-electron chi connectivity index (χ4n) is 0.358. The average Bonchev–Trinajstić information content (AvgIpc) is 1.64. The molecule has 0 rings (SSSR count). The van der Waals surface area contributed by atoms with Crippen LogP contribution in [0, 0.1) is 0 Å². The minimum absolute atomic E-state index is 1.28. The van der Waals surface area contributed by atoms with Crippen molar-refractivity contribution in [3.63, 3.8) is 0 Å². The first-order chi connectivity index (χ1) is 3.55. The van der Waals surface area contributed by atoms with Crippen molar-refractivity contribution in [2.45, 2.75) is 0 Å². The second-order valence-electron chi connectivity index (χ2n) is 1.95. The molecule has 0 atom stereocenters. The van der Waals surface area contributed by atoms with Gasteiger partial charge in [-0.25, -0.2) is 9.34 Å². The van der Waals surface area contributed by atoms with Gasteiger partial charge in [0.2, 0.25) is 8.10 Å². The van der Waals surface area contributed by atoms with Crippen molar-refractivity contribution >= 4 is 8.10 Å². The lowest BCUT2D eigenvalue weighted by molar-refractivity contribution is 0.474. The SMILES string of the molecule is CN(C)[P](=O)N(C)C. The zero-order valence-electron chi connectivity index (χ0n) is 5.75. The summed E-state index contributed by atoms with van der Waals surface area (Å²) in [6.07, 6.45) is 0. The van der Waals surface area contributed by atoms with Crippen LogP contribution in [0.5, 0.6) is 0 Å². The molecule has 0 saturated heterocycles. The zero-order valence-corrected chi connectivity index (χ0v) is 6.64. The van der Waals surface area contributed by atoms with E-state index in [-0.39, 0.29) is 0 Å². The van der Waals surface area contributed by atoms with E-state index in [0.29, 0.717) is 0 Å². The summed E-state index contributed by atoms with van der Waals surface area (Å²) in [6.45, 7) is 0. The normalized spacial score (nSPS) is 10.8. The Morgan fingerprint density at radius 3 is 1.25 bits per heavy atom. The summed E-state index contributed by atoms with van der Waals surface area (Å²) in [7, 11) is 5.88. The molecule has 0 fully saturated rings. The largest absolute Gasteiger partial charge is 0.251 e. The van der Waals surface area contributed by atoms with E-state index in [1.165, 1.54) is 0 Å². The highest BCUT2D eigenvalue weighted by Gasteiger charge is 2.03. The van der Waals surface area contributed by atoms with Gasteiger partial charge in [-0.15, -0.1) is 0 Å². The molecule has 0 aromatic carbocycles. The van der Waals surface area contributed by atoms with Crippen molar-refractivity contribution in [3.8, 4) is 0 Å². The number of nitrogens with zero attached hydrogens (tertiary/aromatic N) is 2. The molecule has 0 heterocycles. The van der Waals surface area contributed by atoms with E-state index in [1.807, 2.05) is 0 Å². The maximum absolute atomic E-state index is 10.8. The van der Waals surface area contributed by atoms with Crippen LogP contribution in [0.4, 0.5) is 0 Å². The molecule has 0 aliphatic heterocycles. The van der Waals surface area contributed by atoms with Crippen molar-refractivity contribution in [1.82, 2.24) is 9.34 Å². The number of rotatable bonds is 2.